The fraction of sp³-hybridized carbons (Fsp3) is 0.556. The highest BCUT2D eigenvalue weighted by Gasteiger charge is 1.98. The van der Waals surface area contributed by atoms with E-state index in [4.69, 9.17) is 0 Å². The zero-order chi connectivity index (χ0) is 10.1. The van der Waals surface area contributed by atoms with E-state index in [1.165, 1.54) is 6.08 Å². The summed E-state index contributed by atoms with van der Waals surface area (Å²) in [4.78, 5) is 24.0. The van der Waals surface area contributed by atoms with Crippen molar-refractivity contribution >= 4 is 12.0 Å². The van der Waals surface area contributed by atoms with Crippen molar-refractivity contribution in [1.29, 1.82) is 0 Å². The van der Waals surface area contributed by atoms with Crippen LogP contribution < -0.4 is 5.32 Å². The van der Waals surface area contributed by atoms with Gasteiger partial charge >= 0.3 is 0 Å². The molecule has 13 heavy (non-hydrogen) atoms. The van der Waals surface area contributed by atoms with Gasteiger partial charge in [0, 0.05) is 12.1 Å². The van der Waals surface area contributed by atoms with E-state index in [0.29, 0.717) is 18.7 Å². The molecule has 0 aliphatic carbocycles. The Morgan fingerprint density at radius 2 is 2.23 bits per heavy atom. The molecule has 0 saturated heterocycles. The summed E-state index contributed by atoms with van der Waals surface area (Å²) >= 11 is 0. The van der Waals surface area contributed by atoms with Crippen molar-refractivity contribution in [2.75, 3.05) is 13.1 Å². The second-order valence-electron chi connectivity index (χ2n) is 2.72. The van der Waals surface area contributed by atoms with Crippen LogP contribution in [0.25, 0.3) is 0 Å². The van der Waals surface area contributed by atoms with Gasteiger partial charge in [0.2, 0.25) is 12.0 Å². The lowest BCUT2D eigenvalue weighted by molar-refractivity contribution is -0.117. The number of isocyanates is 1. The van der Waals surface area contributed by atoms with E-state index in [0.717, 1.165) is 12.8 Å². The van der Waals surface area contributed by atoms with Gasteiger partial charge in [0.05, 0.1) is 6.54 Å². The molecule has 0 aliphatic rings. The van der Waals surface area contributed by atoms with Crippen molar-refractivity contribution < 1.29 is 9.59 Å². The lowest BCUT2D eigenvalue weighted by atomic mass is 10.3. The highest BCUT2D eigenvalue weighted by Crippen LogP contribution is 1.89. The van der Waals surface area contributed by atoms with Gasteiger partial charge in [-0.1, -0.05) is 6.58 Å². The Morgan fingerprint density at radius 3 is 2.77 bits per heavy atom. The minimum Gasteiger partial charge on any atom is -0.352 e. The number of unbranched alkanes of at least 4 members (excludes halogenated alkanes) is 1. The number of nitrogens with zero attached hydrogens (tertiary/aromatic N) is 1. The number of aliphatic imine (C=N–C) groups is 1. The Labute approximate surface area is 77.7 Å². The van der Waals surface area contributed by atoms with Crippen LogP contribution in [0.1, 0.15) is 19.8 Å². The summed E-state index contributed by atoms with van der Waals surface area (Å²) in [5.41, 5.74) is 0.505. The van der Waals surface area contributed by atoms with Gasteiger partial charge in [0.15, 0.2) is 0 Å². The van der Waals surface area contributed by atoms with Crippen molar-refractivity contribution in [3.8, 4) is 0 Å². The quantitative estimate of drug-likeness (QED) is 0.286. The summed E-state index contributed by atoms with van der Waals surface area (Å²) in [7, 11) is 0. The van der Waals surface area contributed by atoms with Crippen LogP contribution >= 0.6 is 0 Å². The first-order chi connectivity index (χ1) is 6.18. The zero-order valence-corrected chi connectivity index (χ0v) is 7.80. The van der Waals surface area contributed by atoms with Crippen LogP contribution in [0.4, 0.5) is 0 Å². The average molecular weight is 182 g/mol. The molecule has 0 bridgehead atoms. The topological polar surface area (TPSA) is 58.5 Å². The van der Waals surface area contributed by atoms with Crippen molar-refractivity contribution in [2.24, 2.45) is 4.99 Å². The summed E-state index contributed by atoms with van der Waals surface area (Å²) in [6.45, 7) is 6.24. The third kappa shape index (κ3) is 6.97. The van der Waals surface area contributed by atoms with Gasteiger partial charge in [-0.25, -0.2) is 9.79 Å². The smallest absolute Gasteiger partial charge is 0.246 e. The number of rotatable bonds is 6. The summed E-state index contributed by atoms with van der Waals surface area (Å²) in [6, 6.07) is 0. The Balaban J connectivity index is 3.30. The van der Waals surface area contributed by atoms with Gasteiger partial charge in [-0.05, 0) is 19.8 Å². The fourth-order valence-corrected chi connectivity index (χ4v) is 0.714. The molecule has 1 amide bonds. The van der Waals surface area contributed by atoms with Crippen LogP contribution in [-0.2, 0) is 9.59 Å². The second-order valence-corrected chi connectivity index (χ2v) is 2.72. The maximum absolute atomic E-state index is 10.9. The molecule has 0 heterocycles. The number of nitrogens with one attached hydrogen (secondary N) is 1. The predicted molar refractivity (Wildman–Crippen MR) is 50.0 cm³/mol. The molecule has 0 fully saturated rings. The minimum atomic E-state index is -0.126. The molecule has 4 nitrogen and oxygen atoms in total. The van der Waals surface area contributed by atoms with E-state index in [2.05, 4.69) is 16.9 Å². The number of hydrogen-bond acceptors (Lipinski definition) is 3. The van der Waals surface area contributed by atoms with Crippen LogP contribution in [0.2, 0.25) is 0 Å². The second kappa shape index (κ2) is 7.25. The molecule has 72 valence electrons. The normalized spacial score (nSPS) is 8.69. The Kier molecular flexibility index (Phi) is 6.46. The number of carbonyl (C=O) groups excluding carboxylic acids is 2. The average Bonchev–Trinajstić information content (AvgIpc) is 2.10. The summed E-state index contributed by atoms with van der Waals surface area (Å²) in [6.07, 6.45) is 3.05. The van der Waals surface area contributed by atoms with Crippen molar-refractivity contribution in [2.45, 2.75) is 19.8 Å². The highest BCUT2D eigenvalue weighted by molar-refractivity contribution is 5.91. The van der Waals surface area contributed by atoms with Crippen LogP contribution in [-0.4, -0.2) is 25.1 Å². The van der Waals surface area contributed by atoms with Crippen molar-refractivity contribution in [3.63, 3.8) is 0 Å². The Morgan fingerprint density at radius 1 is 1.54 bits per heavy atom. The summed E-state index contributed by atoms with van der Waals surface area (Å²) < 4.78 is 0. The molecule has 0 radical (unpaired) electrons. The minimum absolute atomic E-state index is 0.126. The van der Waals surface area contributed by atoms with E-state index in [1.807, 2.05) is 0 Å². The van der Waals surface area contributed by atoms with E-state index in [9.17, 15) is 9.59 Å². The first kappa shape index (κ1) is 11.6. The monoisotopic (exact) mass is 182 g/mol. The third-order valence-corrected chi connectivity index (χ3v) is 1.43. The Hall–Kier alpha value is -1.41. The number of carbonyl (C=O) groups is 1. The lowest BCUT2D eigenvalue weighted by Crippen LogP contribution is -2.24. The lowest BCUT2D eigenvalue weighted by Gasteiger charge is -2.02. The summed E-state index contributed by atoms with van der Waals surface area (Å²) in [5, 5.41) is 2.68. The SMILES string of the molecule is C=C(C)C(=O)NCCCCN=C=O. The molecule has 4 heteroatoms. The molecule has 0 aromatic carbocycles. The number of hydrogen-bond donors (Lipinski definition) is 1. The van der Waals surface area contributed by atoms with Crippen LogP contribution in [0.3, 0.4) is 0 Å². The van der Waals surface area contributed by atoms with Crippen LogP contribution in [0, 0.1) is 0 Å². The van der Waals surface area contributed by atoms with Gasteiger partial charge < -0.3 is 5.32 Å². The van der Waals surface area contributed by atoms with Crippen LogP contribution in [0.15, 0.2) is 17.1 Å². The molecular formula is C9H14N2O2. The molecule has 0 aliphatic heterocycles. The van der Waals surface area contributed by atoms with Crippen molar-refractivity contribution in [3.05, 3.63) is 12.2 Å². The van der Waals surface area contributed by atoms with E-state index >= 15 is 0 Å². The molecule has 0 atom stereocenters. The molecule has 0 aromatic heterocycles. The zero-order valence-electron chi connectivity index (χ0n) is 7.80. The maximum atomic E-state index is 10.9. The number of amides is 1. The first-order valence-electron chi connectivity index (χ1n) is 4.16. The fourth-order valence-electron chi connectivity index (χ4n) is 0.714. The van der Waals surface area contributed by atoms with Crippen molar-refractivity contribution in [1.82, 2.24) is 5.32 Å². The Bertz CT molecular complexity index is 230. The van der Waals surface area contributed by atoms with Gasteiger partial charge in [0.25, 0.3) is 0 Å². The molecule has 0 rings (SSSR count). The molecule has 0 unspecified atom stereocenters. The first-order valence-corrected chi connectivity index (χ1v) is 4.16. The van der Waals surface area contributed by atoms with Gasteiger partial charge in [-0.15, -0.1) is 0 Å². The van der Waals surface area contributed by atoms with Gasteiger partial charge in [-0.3, -0.25) is 4.79 Å². The summed E-state index contributed by atoms with van der Waals surface area (Å²) in [5.74, 6) is -0.126. The molecular weight excluding hydrogens is 168 g/mol. The van der Waals surface area contributed by atoms with Gasteiger partial charge in [0.1, 0.15) is 0 Å². The van der Waals surface area contributed by atoms with E-state index in [-0.39, 0.29) is 5.91 Å². The van der Waals surface area contributed by atoms with Gasteiger partial charge in [-0.2, -0.15) is 0 Å². The van der Waals surface area contributed by atoms with E-state index < -0.39 is 0 Å². The predicted octanol–water partition coefficient (Wildman–Crippen LogP) is 0.795. The highest BCUT2D eigenvalue weighted by atomic mass is 16.1. The third-order valence-electron chi connectivity index (χ3n) is 1.43. The molecule has 0 saturated carbocycles. The molecule has 1 N–H and O–H groups in total. The largest absolute Gasteiger partial charge is 0.352 e. The van der Waals surface area contributed by atoms with E-state index in [1.54, 1.807) is 6.92 Å². The molecule has 0 aromatic rings. The molecule has 0 spiro atoms. The van der Waals surface area contributed by atoms with Crippen LogP contribution in [0.5, 0.6) is 0 Å². The maximum Gasteiger partial charge on any atom is 0.246 e. The standard InChI is InChI=1S/C9H14N2O2/c1-8(2)9(13)11-6-4-3-5-10-7-12/h1,3-6H2,2H3,(H,11,13).